The molecular weight excluding hydrogens is 292 g/mol. The quantitative estimate of drug-likeness (QED) is 0.807. The molecule has 0 spiro atoms. The number of benzene rings is 1. The second-order valence-corrected chi connectivity index (χ2v) is 4.47. The van der Waals surface area contributed by atoms with Gasteiger partial charge in [-0.3, -0.25) is 4.79 Å². The van der Waals surface area contributed by atoms with Crippen LogP contribution in [0.15, 0.2) is 24.5 Å². The second kappa shape index (κ2) is 6.08. The molecule has 0 saturated heterocycles. The number of carbonyl (C=O) groups is 1. The fourth-order valence-electron chi connectivity index (χ4n) is 1.79. The Bertz CT molecular complexity index is 783. The number of methoxy groups -OCH3 is 1. The van der Waals surface area contributed by atoms with Gasteiger partial charge in [0.25, 0.3) is 0 Å². The molecular formula is C14H9ClN4O2. The van der Waals surface area contributed by atoms with E-state index in [1.165, 1.54) is 24.1 Å². The van der Waals surface area contributed by atoms with Crippen LogP contribution in [0.4, 0.5) is 0 Å². The molecule has 0 atom stereocenters. The summed E-state index contributed by atoms with van der Waals surface area (Å²) >= 11 is 5.97. The van der Waals surface area contributed by atoms with Gasteiger partial charge >= 0.3 is 0 Å². The monoisotopic (exact) mass is 300 g/mol. The van der Waals surface area contributed by atoms with Crippen LogP contribution in [0.1, 0.15) is 21.7 Å². The van der Waals surface area contributed by atoms with E-state index in [4.69, 9.17) is 26.9 Å². The highest BCUT2D eigenvalue weighted by Crippen LogP contribution is 2.25. The maximum Gasteiger partial charge on any atom is 0.182 e. The van der Waals surface area contributed by atoms with Crippen molar-refractivity contribution in [3.8, 4) is 17.9 Å². The van der Waals surface area contributed by atoms with Gasteiger partial charge in [-0.15, -0.1) is 0 Å². The van der Waals surface area contributed by atoms with E-state index in [2.05, 4.69) is 4.98 Å². The van der Waals surface area contributed by atoms with Crippen molar-refractivity contribution in [3.63, 3.8) is 0 Å². The Morgan fingerprint density at radius 1 is 1.43 bits per heavy atom. The first-order chi connectivity index (χ1) is 10.1. The van der Waals surface area contributed by atoms with Gasteiger partial charge in [0.1, 0.15) is 17.9 Å². The van der Waals surface area contributed by atoms with E-state index < -0.39 is 0 Å². The van der Waals surface area contributed by atoms with E-state index >= 15 is 0 Å². The number of hydrogen-bond acceptors (Lipinski definition) is 5. The zero-order valence-electron chi connectivity index (χ0n) is 11.0. The molecule has 1 heterocycles. The molecule has 0 radical (unpaired) electrons. The highest BCUT2D eigenvalue weighted by atomic mass is 35.5. The van der Waals surface area contributed by atoms with E-state index in [0.717, 1.165) is 0 Å². The standard InChI is InChI=1S/C14H9ClN4O2/c1-21-14-3-2-9(4-10(14)15)13(20)7-19-8-18-11(5-16)12(19)6-17/h2-4,8H,7H2,1H3. The summed E-state index contributed by atoms with van der Waals surface area (Å²) in [6, 6.07) is 8.34. The molecule has 0 aliphatic rings. The third-order valence-electron chi connectivity index (χ3n) is 2.84. The predicted octanol–water partition coefficient (Wildman–Crippen LogP) is 2.17. The van der Waals surface area contributed by atoms with Crippen molar-refractivity contribution < 1.29 is 9.53 Å². The highest BCUT2D eigenvalue weighted by molar-refractivity contribution is 6.32. The number of halogens is 1. The number of imidazole rings is 1. The highest BCUT2D eigenvalue weighted by Gasteiger charge is 2.15. The number of nitrogens with zero attached hydrogens (tertiary/aromatic N) is 4. The molecule has 6 nitrogen and oxygen atoms in total. The average molecular weight is 301 g/mol. The van der Waals surface area contributed by atoms with Crippen molar-refractivity contribution >= 4 is 17.4 Å². The minimum atomic E-state index is -0.252. The summed E-state index contributed by atoms with van der Waals surface area (Å²) in [6.07, 6.45) is 1.29. The Morgan fingerprint density at radius 2 is 2.19 bits per heavy atom. The lowest BCUT2D eigenvalue weighted by atomic mass is 10.1. The molecule has 1 aromatic heterocycles. The molecule has 0 bridgehead atoms. The van der Waals surface area contributed by atoms with Crippen LogP contribution in [0.25, 0.3) is 0 Å². The van der Waals surface area contributed by atoms with Crippen molar-refractivity contribution in [1.29, 1.82) is 10.5 Å². The normalized spacial score (nSPS) is 9.71. The van der Waals surface area contributed by atoms with Crippen LogP contribution >= 0.6 is 11.6 Å². The van der Waals surface area contributed by atoms with Gasteiger partial charge in [-0.2, -0.15) is 10.5 Å². The maximum absolute atomic E-state index is 12.2. The van der Waals surface area contributed by atoms with Gasteiger partial charge < -0.3 is 9.30 Å². The molecule has 0 N–H and O–H groups in total. The molecule has 0 amide bonds. The maximum atomic E-state index is 12.2. The Balaban J connectivity index is 2.27. The molecule has 0 aliphatic carbocycles. The van der Waals surface area contributed by atoms with Crippen molar-refractivity contribution in [1.82, 2.24) is 9.55 Å². The first-order valence-corrected chi connectivity index (χ1v) is 6.20. The minimum Gasteiger partial charge on any atom is -0.495 e. The summed E-state index contributed by atoms with van der Waals surface area (Å²) in [5, 5.41) is 18.1. The Hall–Kier alpha value is -2.83. The van der Waals surface area contributed by atoms with E-state index in [1.54, 1.807) is 18.2 Å². The minimum absolute atomic E-state index is 0.00179. The third kappa shape index (κ3) is 2.86. The summed E-state index contributed by atoms with van der Waals surface area (Å²) < 4.78 is 6.35. The summed E-state index contributed by atoms with van der Waals surface area (Å²) in [4.78, 5) is 16.0. The van der Waals surface area contributed by atoms with Gasteiger partial charge in [0.15, 0.2) is 17.2 Å². The lowest BCUT2D eigenvalue weighted by molar-refractivity contribution is 0.0971. The summed E-state index contributed by atoms with van der Waals surface area (Å²) in [5.74, 6) is 0.221. The third-order valence-corrected chi connectivity index (χ3v) is 3.13. The van der Waals surface area contributed by atoms with E-state index in [1.807, 2.05) is 6.07 Å². The number of carbonyl (C=O) groups excluding carboxylic acids is 1. The van der Waals surface area contributed by atoms with Crippen LogP contribution in [0.2, 0.25) is 5.02 Å². The summed E-state index contributed by atoms with van der Waals surface area (Å²) in [6.45, 7) is -0.0970. The van der Waals surface area contributed by atoms with Crippen LogP contribution < -0.4 is 4.74 Å². The first-order valence-electron chi connectivity index (χ1n) is 5.82. The number of Topliss-reactive ketones (excluding diaryl/α,β-unsaturated/α-hetero) is 1. The van der Waals surface area contributed by atoms with Crippen molar-refractivity contribution in [3.05, 3.63) is 46.5 Å². The van der Waals surface area contributed by atoms with Crippen LogP contribution in [-0.4, -0.2) is 22.4 Å². The zero-order valence-corrected chi connectivity index (χ0v) is 11.8. The number of ether oxygens (including phenoxy) is 1. The topological polar surface area (TPSA) is 91.7 Å². The number of ketones is 1. The first kappa shape index (κ1) is 14.6. The van der Waals surface area contributed by atoms with E-state index in [9.17, 15) is 4.79 Å². The zero-order chi connectivity index (χ0) is 15.4. The average Bonchev–Trinajstić information content (AvgIpc) is 2.88. The molecule has 0 aliphatic heterocycles. The molecule has 21 heavy (non-hydrogen) atoms. The molecule has 0 fully saturated rings. The molecule has 2 aromatic rings. The van der Waals surface area contributed by atoms with E-state index in [-0.39, 0.29) is 23.7 Å². The number of aromatic nitrogens is 2. The fourth-order valence-corrected chi connectivity index (χ4v) is 2.04. The van der Waals surface area contributed by atoms with Gasteiger partial charge in [0.05, 0.1) is 25.0 Å². The number of hydrogen-bond donors (Lipinski definition) is 0. The van der Waals surface area contributed by atoms with Crippen molar-refractivity contribution in [2.75, 3.05) is 7.11 Å². The lowest BCUT2D eigenvalue weighted by Crippen LogP contribution is -2.11. The lowest BCUT2D eigenvalue weighted by Gasteiger charge is -2.06. The van der Waals surface area contributed by atoms with Crippen LogP contribution in [0.5, 0.6) is 5.75 Å². The van der Waals surface area contributed by atoms with Crippen molar-refractivity contribution in [2.45, 2.75) is 6.54 Å². The summed E-state index contributed by atoms with van der Waals surface area (Å²) in [7, 11) is 1.48. The molecule has 104 valence electrons. The van der Waals surface area contributed by atoms with Gasteiger partial charge in [-0.25, -0.2) is 4.98 Å². The smallest absolute Gasteiger partial charge is 0.182 e. The molecule has 2 rings (SSSR count). The Kier molecular flexibility index (Phi) is 4.22. The SMILES string of the molecule is COc1ccc(C(=O)Cn2cnc(C#N)c2C#N)cc1Cl. The van der Waals surface area contributed by atoms with Gasteiger partial charge in [-0.1, -0.05) is 11.6 Å². The van der Waals surface area contributed by atoms with E-state index in [0.29, 0.717) is 16.3 Å². The Morgan fingerprint density at radius 3 is 2.76 bits per heavy atom. The Labute approximate surface area is 125 Å². The largest absolute Gasteiger partial charge is 0.495 e. The molecule has 0 unspecified atom stereocenters. The molecule has 0 saturated carbocycles. The van der Waals surface area contributed by atoms with Gasteiger partial charge in [0, 0.05) is 5.56 Å². The summed E-state index contributed by atoms with van der Waals surface area (Å²) in [5.41, 5.74) is 0.445. The molecule has 1 aromatic carbocycles. The number of nitriles is 2. The fraction of sp³-hybridized carbons (Fsp3) is 0.143. The van der Waals surface area contributed by atoms with Crippen LogP contribution in [0, 0.1) is 22.7 Å². The van der Waals surface area contributed by atoms with Crippen LogP contribution in [-0.2, 0) is 6.54 Å². The van der Waals surface area contributed by atoms with Crippen molar-refractivity contribution in [2.24, 2.45) is 0 Å². The van der Waals surface area contributed by atoms with Gasteiger partial charge in [-0.05, 0) is 18.2 Å². The van der Waals surface area contributed by atoms with Crippen LogP contribution in [0.3, 0.4) is 0 Å². The molecule has 7 heteroatoms. The number of rotatable bonds is 4. The predicted molar refractivity (Wildman–Crippen MR) is 74.0 cm³/mol. The van der Waals surface area contributed by atoms with Gasteiger partial charge in [0.2, 0.25) is 0 Å². The second-order valence-electron chi connectivity index (χ2n) is 4.07.